The predicted octanol–water partition coefficient (Wildman–Crippen LogP) is 2.20. The van der Waals surface area contributed by atoms with E-state index in [0.29, 0.717) is 5.92 Å². The first-order valence-electron chi connectivity index (χ1n) is 6.84. The van der Waals surface area contributed by atoms with E-state index in [1.54, 1.807) is 12.1 Å². The number of rotatable bonds is 5. The minimum Gasteiger partial charge on any atom is -0.490 e. The molecule has 0 bridgehead atoms. The number of piperidine rings is 1. The highest BCUT2D eigenvalue weighted by molar-refractivity contribution is 5.59. The third kappa shape index (κ3) is 3.19. The topological polar surface area (TPSA) is 75.8 Å². The van der Waals surface area contributed by atoms with Crippen molar-refractivity contribution in [2.45, 2.75) is 19.3 Å². The standard InChI is InChI=1S/C14H20N2O4/c1-20-14-9-12(4-5-13(14)16(18)19)15-7-2-3-11(10-15)6-8-17/h4-5,9,11,17H,2-3,6-8,10H2,1H3. The Balaban J connectivity index is 2.18. The molecule has 1 N–H and O–H groups in total. The quantitative estimate of drug-likeness (QED) is 0.661. The number of methoxy groups -OCH3 is 1. The van der Waals surface area contributed by atoms with Crippen molar-refractivity contribution in [3.63, 3.8) is 0 Å². The van der Waals surface area contributed by atoms with Crippen LogP contribution in [0, 0.1) is 16.0 Å². The third-order valence-electron chi connectivity index (χ3n) is 3.78. The number of aliphatic hydroxyl groups excluding tert-OH is 1. The molecule has 1 unspecified atom stereocenters. The van der Waals surface area contributed by atoms with Gasteiger partial charge in [-0.3, -0.25) is 10.1 Å². The third-order valence-corrected chi connectivity index (χ3v) is 3.78. The Kier molecular flexibility index (Phi) is 4.79. The number of hydrogen-bond acceptors (Lipinski definition) is 5. The maximum absolute atomic E-state index is 10.9. The van der Waals surface area contributed by atoms with E-state index in [-0.39, 0.29) is 18.0 Å². The van der Waals surface area contributed by atoms with Crippen LogP contribution in [-0.4, -0.2) is 36.8 Å². The van der Waals surface area contributed by atoms with Gasteiger partial charge in [0.15, 0.2) is 5.75 Å². The Labute approximate surface area is 118 Å². The highest BCUT2D eigenvalue weighted by atomic mass is 16.6. The fraction of sp³-hybridized carbons (Fsp3) is 0.571. The smallest absolute Gasteiger partial charge is 0.311 e. The highest BCUT2D eigenvalue weighted by Crippen LogP contribution is 2.33. The van der Waals surface area contributed by atoms with Gasteiger partial charge in [-0.05, 0) is 31.2 Å². The molecule has 6 nitrogen and oxygen atoms in total. The largest absolute Gasteiger partial charge is 0.490 e. The van der Waals surface area contributed by atoms with E-state index in [9.17, 15) is 10.1 Å². The average molecular weight is 280 g/mol. The second-order valence-corrected chi connectivity index (χ2v) is 5.08. The van der Waals surface area contributed by atoms with Crippen LogP contribution in [-0.2, 0) is 0 Å². The summed E-state index contributed by atoms with van der Waals surface area (Å²) >= 11 is 0. The van der Waals surface area contributed by atoms with E-state index in [1.807, 2.05) is 0 Å². The Morgan fingerprint density at radius 1 is 1.55 bits per heavy atom. The van der Waals surface area contributed by atoms with E-state index in [2.05, 4.69) is 4.90 Å². The van der Waals surface area contributed by atoms with Gasteiger partial charge in [0.1, 0.15) is 0 Å². The van der Waals surface area contributed by atoms with Gasteiger partial charge in [0.05, 0.1) is 12.0 Å². The van der Waals surface area contributed by atoms with Crippen molar-refractivity contribution in [2.75, 3.05) is 31.7 Å². The summed E-state index contributed by atoms with van der Waals surface area (Å²) in [7, 11) is 1.44. The Hall–Kier alpha value is -1.82. The van der Waals surface area contributed by atoms with Crippen LogP contribution in [0.4, 0.5) is 11.4 Å². The molecular formula is C14H20N2O4. The number of aliphatic hydroxyl groups is 1. The molecule has 6 heteroatoms. The highest BCUT2D eigenvalue weighted by Gasteiger charge is 2.22. The average Bonchev–Trinajstić information content (AvgIpc) is 2.47. The zero-order valence-electron chi connectivity index (χ0n) is 11.6. The molecule has 0 aliphatic carbocycles. The number of nitro benzene ring substituents is 1. The molecule has 1 aromatic rings. The lowest BCUT2D eigenvalue weighted by atomic mass is 9.95. The lowest BCUT2D eigenvalue weighted by Gasteiger charge is -2.34. The van der Waals surface area contributed by atoms with Gasteiger partial charge >= 0.3 is 5.69 Å². The van der Waals surface area contributed by atoms with Gasteiger partial charge < -0.3 is 14.7 Å². The van der Waals surface area contributed by atoms with E-state index in [1.165, 1.54) is 13.2 Å². The van der Waals surface area contributed by atoms with Gasteiger partial charge in [0.2, 0.25) is 0 Å². The number of hydrogen-bond donors (Lipinski definition) is 1. The van der Waals surface area contributed by atoms with Crippen molar-refractivity contribution in [3.8, 4) is 5.75 Å². The summed E-state index contributed by atoms with van der Waals surface area (Å²) in [6.45, 7) is 2.02. The molecule has 0 amide bonds. The van der Waals surface area contributed by atoms with Gasteiger partial charge in [-0.1, -0.05) is 0 Å². The molecule has 2 rings (SSSR count). The van der Waals surface area contributed by atoms with Crippen molar-refractivity contribution >= 4 is 11.4 Å². The molecule has 110 valence electrons. The maximum atomic E-state index is 10.9. The van der Waals surface area contributed by atoms with Crippen molar-refractivity contribution < 1.29 is 14.8 Å². The monoisotopic (exact) mass is 280 g/mol. The fourth-order valence-electron chi connectivity index (χ4n) is 2.73. The number of benzene rings is 1. The van der Waals surface area contributed by atoms with Crippen LogP contribution in [0.3, 0.4) is 0 Å². The van der Waals surface area contributed by atoms with E-state index in [4.69, 9.17) is 9.84 Å². The number of anilines is 1. The summed E-state index contributed by atoms with van der Waals surface area (Å²) in [6, 6.07) is 4.98. The normalized spacial score (nSPS) is 18.9. The fourth-order valence-corrected chi connectivity index (χ4v) is 2.73. The summed E-state index contributed by atoms with van der Waals surface area (Å²) in [4.78, 5) is 12.7. The molecule has 1 aliphatic rings. The van der Waals surface area contributed by atoms with E-state index >= 15 is 0 Å². The second-order valence-electron chi connectivity index (χ2n) is 5.08. The Bertz CT molecular complexity index is 476. The van der Waals surface area contributed by atoms with E-state index < -0.39 is 4.92 Å². The van der Waals surface area contributed by atoms with Crippen LogP contribution in [0.2, 0.25) is 0 Å². The van der Waals surface area contributed by atoms with Gasteiger partial charge in [-0.2, -0.15) is 0 Å². The second kappa shape index (κ2) is 6.56. The summed E-state index contributed by atoms with van der Waals surface area (Å²) < 4.78 is 5.10. The molecule has 1 saturated heterocycles. The lowest BCUT2D eigenvalue weighted by Crippen LogP contribution is -2.35. The molecule has 1 atom stereocenters. The van der Waals surface area contributed by atoms with Crippen LogP contribution >= 0.6 is 0 Å². The SMILES string of the molecule is COc1cc(N2CCCC(CCO)C2)ccc1[N+](=O)[O-]. The van der Waals surface area contributed by atoms with Crippen LogP contribution in [0.15, 0.2) is 18.2 Å². The molecule has 0 radical (unpaired) electrons. The summed E-state index contributed by atoms with van der Waals surface area (Å²) in [6.07, 6.45) is 3.01. The van der Waals surface area contributed by atoms with Gasteiger partial charge in [0.25, 0.3) is 0 Å². The summed E-state index contributed by atoms with van der Waals surface area (Å²) in [5.41, 5.74) is 0.926. The summed E-state index contributed by atoms with van der Waals surface area (Å²) in [5, 5.41) is 19.9. The maximum Gasteiger partial charge on any atom is 0.311 e. The van der Waals surface area contributed by atoms with Gasteiger partial charge in [-0.25, -0.2) is 0 Å². The molecule has 20 heavy (non-hydrogen) atoms. The first kappa shape index (κ1) is 14.6. The number of ether oxygens (including phenoxy) is 1. The van der Waals surface area contributed by atoms with Crippen molar-refractivity contribution in [2.24, 2.45) is 5.92 Å². The predicted molar refractivity (Wildman–Crippen MR) is 76.3 cm³/mol. The van der Waals surface area contributed by atoms with Crippen LogP contribution in [0.25, 0.3) is 0 Å². The van der Waals surface area contributed by atoms with Crippen LogP contribution < -0.4 is 9.64 Å². The van der Waals surface area contributed by atoms with Gasteiger partial charge in [-0.15, -0.1) is 0 Å². The Morgan fingerprint density at radius 3 is 3.00 bits per heavy atom. The molecule has 0 saturated carbocycles. The van der Waals surface area contributed by atoms with Crippen molar-refractivity contribution in [1.82, 2.24) is 0 Å². The number of nitro groups is 1. The van der Waals surface area contributed by atoms with Crippen LogP contribution in [0.5, 0.6) is 5.75 Å². The molecule has 1 heterocycles. The molecule has 1 aliphatic heterocycles. The first-order chi connectivity index (χ1) is 9.65. The molecule has 0 spiro atoms. The molecule has 1 fully saturated rings. The first-order valence-corrected chi connectivity index (χ1v) is 6.84. The van der Waals surface area contributed by atoms with E-state index in [0.717, 1.165) is 38.0 Å². The summed E-state index contributed by atoms with van der Waals surface area (Å²) in [5.74, 6) is 0.770. The molecular weight excluding hydrogens is 260 g/mol. The Morgan fingerprint density at radius 2 is 2.35 bits per heavy atom. The van der Waals surface area contributed by atoms with Crippen molar-refractivity contribution in [3.05, 3.63) is 28.3 Å². The minimum absolute atomic E-state index is 0.0137. The lowest BCUT2D eigenvalue weighted by molar-refractivity contribution is -0.385. The number of nitrogens with zero attached hydrogens (tertiary/aromatic N) is 2. The zero-order valence-corrected chi connectivity index (χ0v) is 11.6. The van der Waals surface area contributed by atoms with Gasteiger partial charge in [0, 0.05) is 37.5 Å². The van der Waals surface area contributed by atoms with Crippen LogP contribution in [0.1, 0.15) is 19.3 Å². The minimum atomic E-state index is -0.437. The van der Waals surface area contributed by atoms with Crippen molar-refractivity contribution in [1.29, 1.82) is 0 Å². The molecule has 0 aromatic heterocycles. The molecule has 1 aromatic carbocycles. The zero-order chi connectivity index (χ0) is 14.5.